The Kier molecular flexibility index (Phi) is 3.79. The van der Waals surface area contributed by atoms with Gasteiger partial charge in [0, 0.05) is 17.8 Å². The van der Waals surface area contributed by atoms with Crippen LogP contribution in [-0.2, 0) is 0 Å². The summed E-state index contributed by atoms with van der Waals surface area (Å²) in [5, 5.41) is 9.37. The maximum absolute atomic E-state index is 11.2. The van der Waals surface area contributed by atoms with Gasteiger partial charge < -0.3 is 10.0 Å². The van der Waals surface area contributed by atoms with E-state index in [-0.39, 0.29) is 18.4 Å². The topological polar surface area (TPSA) is 40.5 Å². The first-order valence-corrected chi connectivity index (χ1v) is 6.21. The van der Waals surface area contributed by atoms with E-state index in [2.05, 4.69) is 4.90 Å². The molecule has 1 aliphatic heterocycles. The normalized spacial score (nSPS) is 20.4. The Morgan fingerprint density at radius 2 is 2.06 bits per heavy atom. The molecule has 3 nitrogen and oxygen atoms in total. The molecule has 1 atom stereocenters. The molecule has 1 N–H and O–H groups in total. The van der Waals surface area contributed by atoms with Gasteiger partial charge in [0.15, 0.2) is 5.78 Å². The van der Waals surface area contributed by atoms with E-state index in [0.29, 0.717) is 0 Å². The van der Waals surface area contributed by atoms with Crippen LogP contribution in [0.25, 0.3) is 0 Å². The summed E-state index contributed by atoms with van der Waals surface area (Å²) < 4.78 is 0. The molecule has 1 saturated heterocycles. The van der Waals surface area contributed by atoms with Gasteiger partial charge in [-0.25, -0.2) is 0 Å². The van der Waals surface area contributed by atoms with Crippen molar-refractivity contribution in [1.82, 2.24) is 0 Å². The van der Waals surface area contributed by atoms with E-state index >= 15 is 0 Å². The fraction of sp³-hybridized carbons (Fsp3) is 0.500. The second-order valence-corrected chi connectivity index (χ2v) is 4.63. The zero-order valence-electron chi connectivity index (χ0n) is 10.2. The SMILES string of the molecule is CC(=O)c1ccc(N2CCCCC2CO)cc1. The first-order chi connectivity index (χ1) is 8.22. The summed E-state index contributed by atoms with van der Waals surface area (Å²) in [5.41, 5.74) is 1.85. The number of nitrogens with zero attached hydrogens (tertiary/aromatic N) is 1. The molecule has 1 aromatic carbocycles. The van der Waals surface area contributed by atoms with Crippen molar-refractivity contribution in [2.75, 3.05) is 18.1 Å². The molecule has 2 rings (SSSR count). The third-order valence-corrected chi connectivity index (χ3v) is 3.44. The fourth-order valence-corrected chi connectivity index (χ4v) is 2.42. The van der Waals surface area contributed by atoms with Gasteiger partial charge in [-0.2, -0.15) is 0 Å². The summed E-state index contributed by atoms with van der Waals surface area (Å²) >= 11 is 0. The largest absolute Gasteiger partial charge is 0.394 e. The molecule has 0 saturated carbocycles. The van der Waals surface area contributed by atoms with Crippen LogP contribution in [0.2, 0.25) is 0 Å². The highest BCUT2D eigenvalue weighted by Gasteiger charge is 2.21. The Morgan fingerprint density at radius 3 is 2.65 bits per heavy atom. The van der Waals surface area contributed by atoms with Crippen molar-refractivity contribution in [1.29, 1.82) is 0 Å². The van der Waals surface area contributed by atoms with Crippen LogP contribution < -0.4 is 4.90 Å². The second kappa shape index (κ2) is 5.32. The number of hydrogen-bond acceptors (Lipinski definition) is 3. The molecule has 92 valence electrons. The van der Waals surface area contributed by atoms with Gasteiger partial charge in [-0.05, 0) is 50.5 Å². The number of ketones is 1. The van der Waals surface area contributed by atoms with E-state index in [1.54, 1.807) is 6.92 Å². The standard InChI is InChI=1S/C14H19NO2/c1-11(17)12-5-7-13(8-6-12)15-9-3-2-4-14(15)10-16/h5-8,14,16H,2-4,9-10H2,1H3. The number of carbonyl (C=O) groups excluding carboxylic acids is 1. The molecule has 1 aliphatic rings. The molecule has 0 amide bonds. The lowest BCUT2D eigenvalue weighted by atomic mass is 10.0. The maximum atomic E-state index is 11.2. The number of Topliss-reactive ketones (excluding diaryl/α,β-unsaturated/α-hetero) is 1. The van der Waals surface area contributed by atoms with Gasteiger partial charge in [0.2, 0.25) is 0 Å². The number of carbonyl (C=O) groups is 1. The zero-order valence-corrected chi connectivity index (χ0v) is 10.2. The number of benzene rings is 1. The van der Waals surface area contributed by atoms with E-state index in [9.17, 15) is 9.90 Å². The zero-order chi connectivity index (χ0) is 12.3. The molecule has 3 heteroatoms. The van der Waals surface area contributed by atoms with E-state index in [1.165, 1.54) is 12.8 Å². The lowest BCUT2D eigenvalue weighted by molar-refractivity contribution is 0.101. The monoisotopic (exact) mass is 233 g/mol. The van der Waals surface area contributed by atoms with Gasteiger partial charge in [-0.3, -0.25) is 4.79 Å². The van der Waals surface area contributed by atoms with Crippen LogP contribution in [0.5, 0.6) is 0 Å². The summed E-state index contributed by atoms with van der Waals surface area (Å²) in [7, 11) is 0. The molecule has 0 radical (unpaired) electrons. The predicted octanol–water partition coefficient (Wildman–Crippen LogP) is 2.24. The second-order valence-electron chi connectivity index (χ2n) is 4.63. The van der Waals surface area contributed by atoms with Crippen molar-refractivity contribution in [2.24, 2.45) is 0 Å². The number of rotatable bonds is 3. The third kappa shape index (κ3) is 2.67. The minimum absolute atomic E-state index is 0.0916. The number of aliphatic hydroxyl groups is 1. The lowest BCUT2D eigenvalue weighted by Crippen LogP contribution is -2.41. The van der Waals surface area contributed by atoms with E-state index in [4.69, 9.17) is 0 Å². The quantitative estimate of drug-likeness (QED) is 0.814. The van der Waals surface area contributed by atoms with Crippen LogP contribution >= 0.6 is 0 Å². The van der Waals surface area contributed by atoms with Gasteiger partial charge in [0.05, 0.1) is 12.6 Å². The van der Waals surface area contributed by atoms with Crippen molar-refractivity contribution < 1.29 is 9.90 Å². The van der Waals surface area contributed by atoms with Crippen molar-refractivity contribution in [3.8, 4) is 0 Å². The highest BCUT2D eigenvalue weighted by molar-refractivity contribution is 5.94. The molecule has 1 aromatic rings. The number of anilines is 1. The predicted molar refractivity (Wildman–Crippen MR) is 68.5 cm³/mol. The number of piperidine rings is 1. The van der Waals surface area contributed by atoms with Gasteiger partial charge in [-0.1, -0.05) is 0 Å². The molecular weight excluding hydrogens is 214 g/mol. The molecule has 1 fully saturated rings. The molecule has 0 aromatic heterocycles. The van der Waals surface area contributed by atoms with Gasteiger partial charge in [0.1, 0.15) is 0 Å². The highest BCUT2D eigenvalue weighted by Crippen LogP contribution is 2.24. The fourth-order valence-electron chi connectivity index (χ4n) is 2.42. The number of hydrogen-bond donors (Lipinski definition) is 1. The molecule has 0 aliphatic carbocycles. The van der Waals surface area contributed by atoms with Crippen molar-refractivity contribution in [3.05, 3.63) is 29.8 Å². The Hall–Kier alpha value is -1.35. The van der Waals surface area contributed by atoms with E-state index in [1.807, 2.05) is 24.3 Å². The smallest absolute Gasteiger partial charge is 0.159 e. The average molecular weight is 233 g/mol. The van der Waals surface area contributed by atoms with Crippen LogP contribution in [-0.4, -0.2) is 30.1 Å². The molecule has 0 spiro atoms. The minimum Gasteiger partial charge on any atom is -0.394 e. The van der Waals surface area contributed by atoms with Gasteiger partial charge in [0.25, 0.3) is 0 Å². The Morgan fingerprint density at radius 1 is 1.35 bits per heavy atom. The summed E-state index contributed by atoms with van der Waals surface area (Å²) in [6.07, 6.45) is 3.41. The van der Waals surface area contributed by atoms with Crippen LogP contribution in [0, 0.1) is 0 Å². The van der Waals surface area contributed by atoms with Crippen LogP contribution in [0.4, 0.5) is 5.69 Å². The molecule has 17 heavy (non-hydrogen) atoms. The van der Waals surface area contributed by atoms with E-state index in [0.717, 1.165) is 24.2 Å². The lowest BCUT2D eigenvalue weighted by Gasteiger charge is -2.36. The Bertz CT molecular complexity index is 386. The van der Waals surface area contributed by atoms with Crippen molar-refractivity contribution in [2.45, 2.75) is 32.2 Å². The maximum Gasteiger partial charge on any atom is 0.159 e. The molecule has 1 unspecified atom stereocenters. The first kappa shape index (κ1) is 12.1. The summed E-state index contributed by atoms with van der Waals surface area (Å²) in [6, 6.07) is 7.91. The van der Waals surface area contributed by atoms with Gasteiger partial charge >= 0.3 is 0 Å². The summed E-state index contributed by atoms with van der Waals surface area (Å²) in [4.78, 5) is 13.4. The van der Waals surface area contributed by atoms with Gasteiger partial charge in [-0.15, -0.1) is 0 Å². The Labute approximate surface area is 102 Å². The van der Waals surface area contributed by atoms with Crippen molar-refractivity contribution in [3.63, 3.8) is 0 Å². The van der Waals surface area contributed by atoms with E-state index < -0.39 is 0 Å². The van der Waals surface area contributed by atoms with Crippen molar-refractivity contribution >= 4 is 11.5 Å². The molecule has 1 heterocycles. The third-order valence-electron chi connectivity index (χ3n) is 3.44. The first-order valence-electron chi connectivity index (χ1n) is 6.21. The summed E-state index contributed by atoms with van der Waals surface area (Å²) in [5.74, 6) is 0.0916. The minimum atomic E-state index is 0.0916. The average Bonchev–Trinajstić information content (AvgIpc) is 2.39. The van der Waals surface area contributed by atoms with Crippen LogP contribution in [0.3, 0.4) is 0 Å². The van der Waals surface area contributed by atoms with Crippen LogP contribution in [0.1, 0.15) is 36.5 Å². The van der Waals surface area contributed by atoms with Crippen LogP contribution in [0.15, 0.2) is 24.3 Å². The molecular formula is C14H19NO2. The summed E-state index contributed by atoms with van der Waals surface area (Å²) in [6.45, 7) is 2.77. The Balaban J connectivity index is 2.17. The number of aliphatic hydroxyl groups excluding tert-OH is 1. The highest BCUT2D eigenvalue weighted by atomic mass is 16.3. The molecule has 0 bridgehead atoms.